The van der Waals surface area contributed by atoms with Crippen molar-refractivity contribution in [1.82, 2.24) is 0 Å². The molecule has 0 heterocycles. The van der Waals surface area contributed by atoms with E-state index in [4.69, 9.17) is 20.1 Å². The molecule has 0 aromatic heterocycles. The molecular formula is C14H23F3O7. The number of carbonyl (C=O) groups excluding carboxylic acids is 2. The van der Waals surface area contributed by atoms with Gasteiger partial charge in [0.25, 0.3) is 5.60 Å². The van der Waals surface area contributed by atoms with Crippen molar-refractivity contribution in [3.63, 3.8) is 0 Å². The molecule has 0 bridgehead atoms. The number of aliphatic hydroxyl groups is 3. The van der Waals surface area contributed by atoms with Gasteiger partial charge < -0.3 is 24.8 Å². The Morgan fingerprint density at radius 3 is 1.58 bits per heavy atom. The van der Waals surface area contributed by atoms with Crippen LogP contribution < -0.4 is 0 Å². The maximum Gasteiger partial charge on any atom is 0.427 e. The Kier molecular flexibility index (Phi) is 7.22. The van der Waals surface area contributed by atoms with E-state index in [2.05, 4.69) is 4.74 Å². The highest BCUT2D eigenvalue weighted by molar-refractivity contribution is 5.79. The molecule has 0 spiro atoms. The minimum atomic E-state index is -5.19. The van der Waals surface area contributed by atoms with Crippen molar-refractivity contribution in [2.75, 3.05) is 26.4 Å². The second-order valence-electron chi connectivity index (χ2n) is 6.76. The molecule has 10 heteroatoms. The topological polar surface area (TPSA) is 113 Å². The van der Waals surface area contributed by atoms with E-state index in [1.807, 2.05) is 0 Å². The van der Waals surface area contributed by atoms with Gasteiger partial charge >= 0.3 is 18.1 Å². The molecule has 0 aliphatic carbocycles. The largest absolute Gasteiger partial charge is 0.464 e. The lowest BCUT2D eigenvalue weighted by molar-refractivity contribution is -0.257. The van der Waals surface area contributed by atoms with E-state index >= 15 is 0 Å². The van der Waals surface area contributed by atoms with Crippen LogP contribution in [0.3, 0.4) is 0 Å². The average Bonchev–Trinajstić information content (AvgIpc) is 2.48. The summed E-state index contributed by atoms with van der Waals surface area (Å²) in [6.07, 6.45) is -5.19. The Morgan fingerprint density at radius 1 is 0.875 bits per heavy atom. The molecule has 0 fully saturated rings. The quantitative estimate of drug-likeness (QED) is 0.537. The normalized spacial score (nSPS) is 15.6. The fraction of sp³-hybridized carbons (Fsp3) is 0.857. The summed E-state index contributed by atoms with van der Waals surface area (Å²) in [4.78, 5) is 23.1. The van der Waals surface area contributed by atoms with Crippen molar-refractivity contribution in [3.8, 4) is 0 Å². The monoisotopic (exact) mass is 360 g/mol. The zero-order valence-corrected chi connectivity index (χ0v) is 13.9. The molecule has 0 aliphatic heterocycles. The van der Waals surface area contributed by atoms with E-state index < -0.39 is 54.4 Å². The molecule has 0 rings (SSSR count). The van der Waals surface area contributed by atoms with Crippen molar-refractivity contribution in [2.24, 2.45) is 10.8 Å². The summed E-state index contributed by atoms with van der Waals surface area (Å²) in [5, 5.41) is 27.3. The molecule has 3 N–H and O–H groups in total. The third kappa shape index (κ3) is 5.60. The fourth-order valence-corrected chi connectivity index (χ4v) is 1.17. The van der Waals surface area contributed by atoms with Gasteiger partial charge in [-0.3, -0.25) is 4.79 Å². The van der Waals surface area contributed by atoms with Gasteiger partial charge in [0.05, 0.1) is 26.4 Å². The molecule has 1 atom stereocenters. The summed E-state index contributed by atoms with van der Waals surface area (Å²) >= 11 is 0. The maximum absolute atomic E-state index is 12.5. The first-order valence-electron chi connectivity index (χ1n) is 6.98. The molecule has 142 valence electrons. The minimum Gasteiger partial charge on any atom is -0.464 e. The smallest absolute Gasteiger partial charge is 0.427 e. The molecule has 0 saturated heterocycles. The molecule has 0 aromatic carbocycles. The van der Waals surface area contributed by atoms with Crippen LogP contribution in [0.5, 0.6) is 0 Å². The Bertz CT molecular complexity index is 454. The third-order valence-corrected chi connectivity index (χ3v) is 3.33. The van der Waals surface area contributed by atoms with Crippen molar-refractivity contribution in [3.05, 3.63) is 0 Å². The predicted octanol–water partition coefficient (Wildman–Crippen LogP) is 0.403. The minimum absolute atomic E-state index is 0.274. The molecule has 1 unspecified atom stereocenters. The highest BCUT2D eigenvalue weighted by atomic mass is 19.4. The molecule has 0 aliphatic rings. The van der Waals surface area contributed by atoms with Gasteiger partial charge in [-0.25, -0.2) is 4.79 Å². The van der Waals surface area contributed by atoms with Gasteiger partial charge in [0.1, 0.15) is 5.41 Å². The van der Waals surface area contributed by atoms with Crippen molar-refractivity contribution < 1.29 is 47.6 Å². The van der Waals surface area contributed by atoms with Gasteiger partial charge in [0.2, 0.25) is 0 Å². The van der Waals surface area contributed by atoms with Crippen molar-refractivity contribution >= 4 is 11.9 Å². The van der Waals surface area contributed by atoms with Crippen LogP contribution in [0.25, 0.3) is 0 Å². The number of hydrogen-bond donors (Lipinski definition) is 3. The first kappa shape index (κ1) is 22.6. The summed E-state index contributed by atoms with van der Waals surface area (Å²) in [6.45, 7) is 2.22. The van der Waals surface area contributed by atoms with Crippen molar-refractivity contribution in [1.29, 1.82) is 0 Å². The first-order chi connectivity index (χ1) is 10.6. The third-order valence-electron chi connectivity index (χ3n) is 3.33. The SMILES string of the molecule is CC(C)(COC(=O)C(C)(CO)CO)COC(=O)C(C)(O)C(F)(F)F. The van der Waals surface area contributed by atoms with E-state index in [1.54, 1.807) is 0 Å². The van der Waals surface area contributed by atoms with Gasteiger partial charge in [0, 0.05) is 5.41 Å². The van der Waals surface area contributed by atoms with Gasteiger partial charge in [0.15, 0.2) is 0 Å². The number of hydrogen-bond acceptors (Lipinski definition) is 7. The van der Waals surface area contributed by atoms with Crippen LogP contribution in [0, 0.1) is 10.8 Å². The number of carbonyl (C=O) groups is 2. The van der Waals surface area contributed by atoms with Crippen LogP contribution in [0.2, 0.25) is 0 Å². The standard InChI is InChI=1S/C14H23F3O7/c1-11(2,7-23-9(20)12(3,5-18)6-19)8-24-10(21)13(4,22)14(15,16)17/h18-19,22H,5-8H2,1-4H3. The van der Waals surface area contributed by atoms with Gasteiger partial charge in [-0.2, -0.15) is 13.2 Å². The second-order valence-corrected chi connectivity index (χ2v) is 6.76. The second kappa shape index (κ2) is 7.66. The van der Waals surface area contributed by atoms with E-state index in [-0.39, 0.29) is 13.5 Å². The van der Waals surface area contributed by atoms with Gasteiger partial charge in [-0.15, -0.1) is 0 Å². The Balaban J connectivity index is 4.68. The van der Waals surface area contributed by atoms with Crippen molar-refractivity contribution in [2.45, 2.75) is 39.5 Å². The molecule has 0 radical (unpaired) electrons. The van der Waals surface area contributed by atoms with Crippen LogP contribution in [0.15, 0.2) is 0 Å². The molecule has 0 amide bonds. The Hall–Kier alpha value is -1.39. The van der Waals surface area contributed by atoms with Crippen LogP contribution in [-0.4, -0.2) is 65.5 Å². The van der Waals surface area contributed by atoms with E-state index in [0.29, 0.717) is 0 Å². The Morgan fingerprint density at radius 2 is 1.25 bits per heavy atom. The van der Waals surface area contributed by atoms with Crippen LogP contribution >= 0.6 is 0 Å². The predicted molar refractivity (Wildman–Crippen MR) is 74.7 cm³/mol. The number of alkyl halides is 3. The van der Waals surface area contributed by atoms with Crippen LogP contribution in [0.1, 0.15) is 27.7 Å². The van der Waals surface area contributed by atoms with Crippen LogP contribution in [-0.2, 0) is 19.1 Å². The number of ether oxygens (including phenoxy) is 2. The average molecular weight is 360 g/mol. The van der Waals surface area contributed by atoms with E-state index in [0.717, 1.165) is 0 Å². The van der Waals surface area contributed by atoms with Gasteiger partial charge in [-0.05, 0) is 13.8 Å². The lowest BCUT2D eigenvalue weighted by Gasteiger charge is -2.29. The highest BCUT2D eigenvalue weighted by Crippen LogP contribution is 2.31. The number of aliphatic hydroxyl groups excluding tert-OH is 2. The summed E-state index contributed by atoms with van der Waals surface area (Å²) in [5.74, 6) is -2.78. The summed E-state index contributed by atoms with van der Waals surface area (Å²) in [6, 6.07) is 0. The Labute approximate surface area is 137 Å². The van der Waals surface area contributed by atoms with E-state index in [9.17, 15) is 22.8 Å². The molecule has 24 heavy (non-hydrogen) atoms. The van der Waals surface area contributed by atoms with E-state index in [1.165, 1.54) is 20.8 Å². The number of rotatable bonds is 8. The lowest BCUT2D eigenvalue weighted by Crippen LogP contribution is -2.51. The zero-order chi connectivity index (χ0) is 19.4. The molecule has 0 saturated carbocycles. The zero-order valence-electron chi connectivity index (χ0n) is 13.9. The summed E-state index contributed by atoms with van der Waals surface area (Å²) in [5.41, 5.74) is -6.22. The van der Waals surface area contributed by atoms with Crippen LogP contribution in [0.4, 0.5) is 13.2 Å². The maximum atomic E-state index is 12.5. The number of esters is 2. The summed E-state index contributed by atoms with van der Waals surface area (Å²) < 4.78 is 46.9. The first-order valence-corrected chi connectivity index (χ1v) is 6.98. The lowest BCUT2D eigenvalue weighted by atomic mass is 9.92. The number of halogens is 3. The van der Waals surface area contributed by atoms with Gasteiger partial charge in [-0.1, -0.05) is 13.8 Å². The molecular weight excluding hydrogens is 337 g/mol. The highest BCUT2D eigenvalue weighted by Gasteiger charge is 2.57. The summed E-state index contributed by atoms with van der Waals surface area (Å²) in [7, 11) is 0. The molecule has 7 nitrogen and oxygen atoms in total. The fourth-order valence-electron chi connectivity index (χ4n) is 1.17. The molecule has 0 aromatic rings.